The summed E-state index contributed by atoms with van der Waals surface area (Å²) in [6, 6.07) is 1.89. The van der Waals surface area contributed by atoms with Gasteiger partial charge in [-0.15, -0.1) is 0 Å². The number of anilines is 1. The maximum atomic E-state index is 11.0. The predicted molar refractivity (Wildman–Crippen MR) is 53.9 cm³/mol. The second kappa shape index (κ2) is 3.94. The molecule has 0 saturated carbocycles. The molecule has 0 radical (unpaired) electrons. The van der Waals surface area contributed by atoms with Crippen LogP contribution in [0, 0.1) is 10.1 Å². The number of nitro benzene ring substituents is 1. The molecule has 0 unspecified atom stereocenters. The predicted octanol–water partition coefficient (Wildman–Crippen LogP) is 0.432. The van der Waals surface area contributed by atoms with Gasteiger partial charge < -0.3 is 10.5 Å². The first-order chi connectivity index (χ1) is 7.27. The summed E-state index contributed by atoms with van der Waals surface area (Å²) in [4.78, 5) is 8.73. The minimum Gasteiger partial charge on any atom is -0.495 e. The van der Waals surface area contributed by atoms with Crippen molar-refractivity contribution in [1.82, 2.24) is 0 Å². The summed E-state index contributed by atoms with van der Waals surface area (Å²) in [5.74, 6) is -0.380. The molecule has 3 N–H and O–H groups in total. The third-order valence-corrected chi connectivity index (χ3v) is 2.66. The van der Waals surface area contributed by atoms with E-state index in [-0.39, 0.29) is 11.4 Å². The van der Waals surface area contributed by atoms with Crippen LogP contribution in [0.3, 0.4) is 0 Å². The van der Waals surface area contributed by atoms with Crippen LogP contribution in [0.1, 0.15) is 0 Å². The molecule has 1 aromatic carbocycles. The van der Waals surface area contributed by atoms with Gasteiger partial charge in [0.15, 0.2) is 0 Å². The van der Waals surface area contributed by atoms with Crippen molar-refractivity contribution in [3.8, 4) is 5.75 Å². The van der Waals surface area contributed by atoms with Crippen LogP contribution < -0.4 is 10.5 Å². The normalized spacial score (nSPS) is 11.1. The maximum absolute atomic E-state index is 11.0. The lowest BCUT2D eigenvalue weighted by Gasteiger charge is -2.07. The van der Waals surface area contributed by atoms with Crippen molar-refractivity contribution in [3.63, 3.8) is 0 Å². The van der Waals surface area contributed by atoms with Crippen LogP contribution in [-0.4, -0.2) is 25.0 Å². The topological polar surface area (TPSA) is 133 Å². The molecule has 0 fully saturated rings. The Bertz CT molecular complexity index is 538. The van der Waals surface area contributed by atoms with Crippen molar-refractivity contribution in [2.75, 3.05) is 12.8 Å². The Hall–Kier alpha value is -1.87. The van der Waals surface area contributed by atoms with Crippen LogP contribution >= 0.6 is 0 Å². The number of methoxy groups -OCH3 is 1. The van der Waals surface area contributed by atoms with Crippen molar-refractivity contribution in [3.05, 3.63) is 22.2 Å². The van der Waals surface area contributed by atoms with Gasteiger partial charge in [-0.3, -0.25) is 14.7 Å². The molecule has 0 aromatic heterocycles. The smallest absolute Gasteiger partial charge is 0.305 e. The standard InChI is InChI=1S/C7H8N2O6S/c1-15-6-3-4(8)2-5(9(10)11)7(6)16(12,13)14/h2-3H,8H2,1H3,(H,12,13,14). The molecule has 9 heteroatoms. The van der Waals surface area contributed by atoms with E-state index in [0.717, 1.165) is 19.2 Å². The van der Waals surface area contributed by atoms with Crippen LogP contribution in [0.4, 0.5) is 11.4 Å². The molecule has 1 rings (SSSR count). The van der Waals surface area contributed by atoms with Gasteiger partial charge in [-0.25, -0.2) is 0 Å². The van der Waals surface area contributed by atoms with Crippen LogP contribution in [-0.2, 0) is 10.1 Å². The number of rotatable bonds is 3. The van der Waals surface area contributed by atoms with Crippen molar-refractivity contribution >= 4 is 21.5 Å². The minimum absolute atomic E-state index is 0.0454. The average molecular weight is 248 g/mol. The van der Waals surface area contributed by atoms with E-state index in [1.54, 1.807) is 0 Å². The summed E-state index contributed by atoms with van der Waals surface area (Å²) in [5.41, 5.74) is 4.44. The summed E-state index contributed by atoms with van der Waals surface area (Å²) in [6.07, 6.45) is 0. The van der Waals surface area contributed by atoms with E-state index in [9.17, 15) is 18.5 Å². The molecular weight excluding hydrogens is 240 g/mol. The third kappa shape index (κ3) is 2.20. The number of benzene rings is 1. The van der Waals surface area contributed by atoms with Crippen LogP contribution in [0.2, 0.25) is 0 Å². The molecule has 1 aromatic rings. The molecule has 8 nitrogen and oxygen atoms in total. The lowest BCUT2D eigenvalue weighted by atomic mass is 10.2. The third-order valence-electron chi connectivity index (χ3n) is 1.73. The first-order valence-electron chi connectivity index (χ1n) is 3.86. The molecule has 0 bridgehead atoms. The van der Waals surface area contributed by atoms with Gasteiger partial charge in [-0.2, -0.15) is 8.42 Å². The van der Waals surface area contributed by atoms with Crippen LogP contribution in [0.15, 0.2) is 17.0 Å². The van der Waals surface area contributed by atoms with Crippen molar-refractivity contribution in [1.29, 1.82) is 0 Å². The highest BCUT2D eigenvalue weighted by Gasteiger charge is 2.29. The Morgan fingerprint density at radius 3 is 2.44 bits per heavy atom. The molecule has 0 heterocycles. The highest BCUT2D eigenvalue weighted by molar-refractivity contribution is 7.86. The van der Waals surface area contributed by atoms with E-state index in [1.807, 2.05) is 0 Å². The lowest BCUT2D eigenvalue weighted by molar-refractivity contribution is -0.387. The molecule has 0 aliphatic rings. The van der Waals surface area contributed by atoms with Gasteiger partial charge in [0.25, 0.3) is 5.69 Å². The zero-order chi connectivity index (χ0) is 12.5. The number of ether oxygens (including phenoxy) is 1. The number of nitro groups is 1. The molecule has 0 aliphatic heterocycles. The summed E-state index contributed by atoms with van der Waals surface area (Å²) in [5, 5.41) is 10.6. The van der Waals surface area contributed by atoms with Gasteiger partial charge in [-0.05, 0) is 0 Å². The summed E-state index contributed by atoms with van der Waals surface area (Å²) < 4.78 is 35.4. The summed E-state index contributed by atoms with van der Waals surface area (Å²) in [7, 11) is -3.66. The highest BCUT2D eigenvalue weighted by atomic mass is 32.2. The molecule has 0 spiro atoms. The molecule has 0 atom stereocenters. The number of nitrogens with zero attached hydrogens (tertiary/aromatic N) is 1. The molecule has 0 saturated heterocycles. The molecule has 16 heavy (non-hydrogen) atoms. The number of nitrogens with two attached hydrogens (primary N) is 1. The van der Waals surface area contributed by atoms with Crippen LogP contribution in [0.5, 0.6) is 5.75 Å². The monoisotopic (exact) mass is 248 g/mol. The van der Waals surface area contributed by atoms with Gasteiger partial charge in [0, 0.05) is 17.8 Å². The van der Waals surface area contributed by atoms with Crippen LogP contribution in [0.25, 0.3) is 0 Å². The van der Waals surface area contributed by atoms with E-state index in [0.29, 0.717) is 0 Å². The van der Waals surface area contributed by atoms with E-state index >= 15 is 0 Å². The Kier molecular flexibility index (Phi) is 3.01. The van der Waals surface area contributed by atoms with E-state index < -0.39 is 25.6 Å². The quantitative estimate of drug-likeness (QED) is 0.343. The zero-order valence-electron chi connectivity index (χ0n) is 8.08. The number of hydrogen-bond donors (Lipinski definition) is 2. The summed E-state index contributed by atoms with van der Waals surface area (Å²) in [6.45, 7) is 0. The van der Waals surface area contributed by atoms with Gasteiger partial charge >= 0.3 is 10.1 Å². The van der Waals surface area contributed by atoms with Crippen molar-refractivity contribution in [2.45, 2.75) is 4.90 Å². The lowest BCUT2D eigenvalue weighted by Crippen LogP contribution is -2.07. The molecule has 0 amide bonds. The first-order valence-corrected chi connectivity index (χ1v) is 5.30. The molecule has 88 valence electrons. The maximum Gasteiger partial charge on any atom is 0.305 e. The average Bonchev–Trinajstić information content (AvgIpc) is 2.14. The largest absolute Gasteiger partial charge is 0.495 e. The second-order valence-electron chi connectivity index (χ2n) is 2.80. The number of nitrogen functional groups attached to an aromatic ring is 1. The fourth-order valence-corrected chi connectivity index (χ4v) is 1.95. The van der Waals surface area contributed by atoms with Gasteiger partial charge in [0.05, 0.1) is 12.0 Å². The Morgan fingerprint density at radius 1 is 1.50 bits per heavy atom. The van der Waals surface area contributed by atoms with E-state index in [2.05, 4.69) is 4.74 Å². The zero-order valence-corrected chi connectivity index (χ0v) is 8.89. The minimum atomic E-state index is -4.76. The Labute approximate surface area is 90.5 Å². The fourth-order valence-electron chi connectivity index (χ4n) is 1.15. The first kappa shape index (κ1) is 12.2. The SMILES string of the molecule is COc1cc(N)cc([N+](=O)[O-])c1S(=O)(=O)O. The fraction of sp³-hybridized carbons (Fsp3) is 0.143. The summed E-state index contributed by atoms with van der Waals surface area (Å²) >= 11 is 0. The highest BCUT2D eigenvalue weighted by Crippen LogP contribution is 2.35. The molecular formula is C7H8N2O6S. The van der Waals surface area contributed by atoms with Gasteiger partial charge in [0.2, 0.25) is 4.90 Å². The van der Waals surface area contributed by atoms with Gasteiger partial charge in [0.1, 0.15) is 5.75 Å². The Balaban J connectivity index is 3.72. The van der Waals surface area contributed by atoms with Crippen molar-refractivity contribution < 1.29 is 22.6 Å². The Morgan fingerprint density at radius 2 is 2.06 bits per heavy atom. The number of hydrogen-bond acceptors (Lipinski definition) is 6. The van der Waals surface area contributed by atoms with E-state index in [4.69, 9.17) is 10.3 Å². The molecule has 0 aliphatic carbocycles. The second-order valence-corrected chi connectivity index (χ2v) is 4.16. The van der Waals surface area contributed by atoms with E-state index in [1.165, 1.54) is 0 Å². The van der Waals surface area contributed by atoms with Gasteiger partial charge in [-0.1, -0.05) is 0 Å². The van der Waals surface area contributed by atoms with Crippen molar-refractivity contribution in [2.24, 2.45) is 0 Å².